The third kappa shape index (κ3) is 8.72. The Bertz CT molecular complexity index is 838. The number of aryl methyl sites for hydroxylation is 1. The lowest BCUT2D eigenvalue weighted by Gasteiger charge is -2.04. The molecule has 8 heteroatoms. The molecule has 0 aliphatic rings. The summed E-state index contributed by atoms with van der Waals surface area (Å²) < 4.78 is 0. The Kier molecular flexibility index (Phi) is 10.6. The summed E-state index contributed by atoms with van der Waals surface area (Å²) in [5.74, 6) is -1.03. The largest absolute Gasteiger partial charge is 0.504 e. The van der Waals surface area contributed by atoms with E-state index < -0.39 is 0 Å². The van der Waals surface area contributed by atoms with Crippen LogP contribution in [0.25, 0.3) is 0 Å². The van der Waals surface area contributed by atoms with E-state index in [2.05, 4.69) is 10.6 Å². The van der Waals surface area contributed by atoms with Gasteiger partial charge in [0.2, 0.25) is 5.91 Å². The molecule has 2 rings (SSSR count). The average molecular weight is 418 g/mol. The van der Waals surface area contributed by atoms with Crippen molar-refractivity contribution in [2.24, 2.45) is 0 Å². The highest BCUT2D eigenvalue weighted by molar-refractivity contribution is 5.94. The lowest BCUT2D eigenvalue weighted by Crippen LogP contribution is -2.24. The third-order valence-corrected chi connectivity index (χ3v) is 4.03. The van der Waals surface area contributed by atoms with Gasteiger partial charge in [-0.1, -0.05) is 19.9 Å². The van der Waals surface area contributed by atoms with E-state index in [9.17, 15) is 14.7 Å². The summed E-state index contributed by atoms with van der Waals surface area (Å²) in [5.41, 5.74) is 1.18. The molecule has 0 atom stereocenters. The van der Waals surface area contributed by atoms with Gasteiger partial charge in [0, 0.05) is 25.1 Å². The first-order valence-electron chi connectivity index (χ1n) is 9.86. The van der Waals surface area contributed by atoms with Gasteiger partial charge in [0.25, 0.3) is 5.91 Å². The third-order valence-electron chi connectivity index (χ3n) is 4.03. The molecule has 0 spiro atoms. The van der Waals surface area contributed by atoms with E-state index in [-0.39, 0.29) is 34.8 Å². The van der Waals surface area contributed by atoms with Crippen LogP contribution < -0.4 is 10.6 Å². The van der Waals surface area contributed by atoms with Gasteiger partial charge >= 0.3 is 0 Å². The van der Waals surface area contributed by atoms with E-state index >= 15 is 0 Å². The molecule has 0 fully saturated rings. The van der Waals surface area contributed by atoms with Crippen LogP contribution in [0.4, 0.5) is 0 Å². The number of rotatable bonds is 8. The molecule has 30 heavy (non-hydrogen) atoms. The lowest BCUT2D eigenvalue weighted by molar-refractivity contribution is -0.121. The Morgan fingerprint density at radius 2 is 1.33 bits per heavy atom. The van der Waals surface area contributed by atoms with Gasteiger partial charge in [0.1, 0.15) is 0 Å². The molecular formula is C22H30N2O6. The first-order chi connectivity index (χ1) is 14.3. The molecule has 0 heterocycles. The Labute approximate surface area is 176 Å². The van der Waals surface area contributed by atoms with Crippen LogP contribution >= 0.6 is 0 Å². The number of carbonyl (C=O) groups excluding carboxylic acids is 2. The smallest absolute Gasteiger partial charge is 0.251 e. The maximum Gasteiger partial charge on any atom is 0.251 e. The fourth-order valence-corrected chi connectivity index (χ4v) is 2.34. The predicted molar refractivity (Wildman–Crippen MR) is 114 cm³/mol. The molecule has 0 bridgehead atoms. The number of carbonyl (C=O) groups is 2. The normalized spacial score (nSPS) is 9.93. The highest BCUT2D eigenvalue weighted by atomic mass is 16.3. The molecule has 0 aliphatic heterocycles. The number of phenols is 4. The molecule has 2 aromatic carbocycles. The number of amides is 2. The van der Waals surface area contributed by atoms with E-state index in [1.165, 1.54) is 30.3 Å². The lowest BCUT2D eigenvalue weighted by atomic mass is 10.1. The van der Waals surface area contributed by atoms with Crippen LogP contribution in [0.1, 0.15) is 49.0 Å². The summed E-state index contributed by atoms with van der Waals surface area (Å²) in [7, 11) is 0. The summed E-state index contributed by atoms with van der Waals surface area (Å²) in [6, 6.07) is 8.58. The molecular weight excluding hydrogens is 388 g/mol. The summed E-state index contributed by atoms with van der Waals surface area (Å²) in [6.45, 7) is 5.24. The maximum absolute atomic E-state index is 11.4. The zero-order valence-corrected chi connectivity index (χ0v) is 17.3. The van der Waals surface area contributed by atoms with E-state index in [0.29, 0.717) is 31.5 Å². The minimum absolute atomic E-state index is 0.00872. The van der Waals surface area contributed by atoms with Crippen molar-refractivity contribution in [2.45, 2.75) is 39.5 Å². The van der Waals surface area contributed by atoms with Crippen molar-refractivity contribution in [1.29, 1.82) is 0 Å². The van der Waals surface area contributed by atoms with Crippen molar-refractivity contribution in [3.05, 3.63) is 47.5 Å². The second-order valence-corrected chi connectivity index (χ2v) is 6.63. The number of aromatic hydroxyl groups is 4. The van der Waals surface area contributed by atoms with Crippen molar-refractivity contribution in [3.8, 4) is 23.0 Å². The van der Waals surface area contributed by atoms with Crippen molar-refractivity contribution in [3.63, 3.8) is 0 Å². The minimum Gasteiger partial charge on any atom is -0.504 e. The van der Waals surface area contributed by atoms with Crippen molar-refractivity contribution in [1.82, 2.24) is 10.6 Å². The molecule has 0 unspecified atom stereocenters. The van der Waals surface area contributed by atoms with E-state index in [1.54, 1.807) is 6.07 Å². The first-order valence-corrected chi connectivity index (χ1v) is 9.86. The number of phenolic OH excluding ortho intramolecular Hbond substituents is 4. The minimum atomic E-state index is -0.283. The zero-order valence-electron chi connectivity index (χ0n) is 17.3. The van der Waals surface area contributed by atoms with E-state index in [4.69, 9.17) is 15.3 Å². The molecule has 0 aromatic heterocycles. The molecule has 164 valence electrons. The first kappa shape index (κ1) is 24.6. The second-order valence-electron chi connectivity index (χ2n) is 6.63. The van der Waals surface area contributed by atoms with Gasteiger partial charge < -0.3 is 31.1 Å². The van der Waals surface area contributed by atoms with Gasteiger partial charge in [-0.3, -0.25) is 9.59 Å². The SMILES string of the molecule is CCCNC(=O)CCc1ccc(O)c(O)c1.CCCNC(=O)c1ccc(O)c(O)c1. The van der Waals surface area contributed by atoms with Crippen LogP contribution in [-0.2, 0) is 11.2 Å². The number of nitrogens with one attached hydrogen (secondary N) is 2. The van der Waals surface area contributed by atoms with Crippen LogP contribution in [0.15, 0.2) is 36.4 Å². The molecule has 6 N–H and O–H groups in total. The summed E-state index contributed by atoms with van der Waals surface area (Å²) in [6.07, 6.45) is 2.73. The van der Waals surface area contributed by atoms with Crippen LogP contribution in [0.5, 0.6) is 23.0 Å². The molecule has 0 saturated heterocycles. The summed E-state index contributed by atoms with van der Waals surface area (Å²) in [5, 5.41) is 42.0. The number of benzene rings is 2. The van der Waals surface area contributed by atoms with E-state index in [0.717, 1.165) is 18.4 Å². The van der Waals surface area contributed by atoms with Crippen molar-refractivity contribution in [2.75, 3.05) is 13.1 Å². The quantitative estimate of drug-likeness (QED) is 0.364. The van der Waals surface area contributed by atoms with Gasteiger partial charge in [-0.05, 0) is 55.2 Å². The standard InChI is InChI=1S/C12H17NO3.C10H13NO3/c1-2-7-13-12(16)6-4-9-3-5-10(14)11(15)8-9;1-2-5-11-10(14)7-3-4-8(12)9(13)6-7/h3,5,8,14-15H,2,4,6-7H2,1H3,(H,13,16);3-4,6,12-13H,2,5H2,1H3,(H,11,14). The van der Waals surface area contributed by atoms with E-state index in [1.807, 2.05) is 13.8 Å². The molecule has 0 radical (unpaired) electrons. The maximum atomic E-state index is 11.4. The monoisotopic (exact) mass is 418 g/mol. The Morgan fingerprint density at radius 3 is 1.90 bits per heavy atom. The van der Waals surface area contributed by atoms with Gasteiger partial charge in [0.15, 0.2) is 23.0 Å². The molecule has 2 aromatic rings. The fraction of sp³-hybridized carbons (Fsp3) is 0.364. The Balaban J connectivity index is 0.000000303. The van der Waals surface area contributed by atoms with Crippen LogP contribution in [-0.4, -0.2) is 45.3 Å². The molecule has 2 amide bonds. The van der Waals surface area contributed by atoms with Crippen LogP contribution in [0, 0.1) is 0 Å². The highest BCUT2D eigenvalue weighted by Gasteiger charge is 2.07. The second kappa shape index (κ2) is 12.9. The van der Waals surface area contributed by atoms with Crippen LogP contribution in [0.2, 0.25) is 0 Å². The number of hydrogen-bond donors (Lipinski definition) is 6. The predicted octanol–water partition coefficient (Wildman–Crippen LogP) is 2.79. The Hall–Kier alpha value is -3.42. The van der Waals surface area contributed by atoms with Crippen molar-refractivity contribution >= 4 is 11.8 Å². The highest BCUT2D eigenvalue weighted by Crippen LogP contribution is 2.25. The van der Waals surface area contributed by atoms with Gasteiger partial charge in [0.05, 0.1) is 0 Å². The van der Waals surface area contributed by atoms with Gasteiger partial charge in [-0.15, -0.1) is 0 Å². The fourth-order valence-electron chi connectivity index (χ4n) is 2.34. The molecule has 0 aliphatic carbocycles. The Morgan fingerprint density at radius 1 is 0.767 bits per heavy atom. The topological polar surface area (TPSA) is 139 Å². The summed E-state index contributed by atoms with van der Waals surface area (Å²) >= 11 is 0. The number of hydrogen-bond acceptors (Lipinski definition) is 6. The zero-order chi connectivity index (χ0) is 22.5. The van der Waals surface area contributed by atoms with Gasteiger partial charge in [-0.2, -0.15) is 0 Å². The van der Waals surface area contributed by atoms with Crippen LogP contribution in [0.3, 0.4) is 0 Å². The summed E-state index contributed by atoms with van der Waals surface area (Å²) in [4.78, 5) is 22.7. The van der Waals surface area contributed by atoms with Crippen molar-refractivity contribution < 1.29 is 30.0 Å². The molecule has 8 nitrogen and oxygen atoms in total. The van der Waals surface area contributed by atoms with Gasteiger partial charge in [-0.25, -0.2) is 0 Å². The molecule has 0 saturated carbocycles. The average Bonchev–Trinajstić information content (AvgIpc) is 2.73.